The van der Waals surface area contributed by atoms with Crippen LogP contribution in [-0.4, -0.2) is 32.2 Å². The molecule has 1 aromatic carbocycles. The molecule has 8 heteroatoms. The van der Waals surface area contributed by atoms with Crippen LogP contribution in [0.4, 0.5) is 0 Å². The van der Waals surface area contributed by atoms with Gasteiger partial charge in [0, 0.05) is 18.2 Å². The highest BCUT2D eigenvalue weighted by Crippen LogP contribution is 2.23. The first-order valence-corrected chi connectivity index (χ1v) is 11.1. The van der Waals surface area contributed by atoms with Crippen molar-refractivity contribution >= 4 is 24.0 Å². The van der Waals surface area contributed by atoms with Gasteiger partial charge in [-0.2, -0.15) is 5.10 Å². The largest absolute Gasteiger partial charge is 0.351 e. The number of hydrogen-bond donors (Lipinski definition) is 2. The number of nitrogens with one attached hydrogen (secondary N) is 2. The van der Waals surface area contributed by atoms with Crippen LogP contribution in [0.25, 0.3) is 0 Å². The van der Waals surface area contributed by atoms with Gasteiger partial charge in [-0.1, -0.05) is 38.0 Å². The number of aryl methyl sites for hydroxylation is 1. The first kappa shape index (κ1) is 22.2. The van der Waals surface area contributed by atoms with Crippen LogP contribution in [0.3, 0.4) is 0 Å². The molecule has 1 fully saturated rings. The summed E-state index contributed by atoms with van der Waals surface area (Å²) in [4.78, 5) is 25.1. The zero-order valence-corrected chi connectivity index (χ0v) is 18.8. The molecule has 1 saturated carbocycles. The van der Waals surface area contributed by atoms with Crippen LogP contribution in [0.15, 0.2) is 24.3 Å². The summed E-state index contributed by atoms with van der Waals surface area (Å²) in [5.41, 5.74) is 1.56. The summed E-state index contributed by atoms with van der Waals surface area (Å²) in [6.45, 7) is 7.03. The van der Waals surface area contributed by atoms with Crippen LogP contribution in [-0.2, 0) is 24.4 Å². The zero-order chi connectivity index (χ0) is 21.7. The molecule has 0 spiro atoms. The maximum Gasteiger partial charge on any atom is 0.251 e. The van der Waals surface area contributed by atoms with Gasteiger partial charge in [0.1, 0.15) is 6.54 Å². The minimum atomic E-state index is -0.153. The Morgan fingerprint density at radius 3 is 2.67 bits per heavy atom. The standard InChI is InChI=1S/C22H31N5O2S/c1-4-26-19(13-23-21(29)17-11-7-5-9-15(17)2)25-27(22(26)30)14-20(28)24-18-12-8-6-10-16(18)3/h5,7,9,11,16,18H,4,6,8,10,12-14H2,1-3H3,(H,23,29)(H,24,28)/t16-,18+/m1/s1. The Labute approximate surface area is 182 Å². The normalized spacial score (nSPS) is 18.8. The molecule has 3 rings (SSSR count). The van der Waals surface area contributed by atoms with E-state index in [1.54, 1.807) is 10.7 Å². The highest BCUT2D eigenvalue weighted by molar-refractivity contribution is 7.71. The first-order valence-electron chi connectivity index (χ1n) is 10.7. The Kier molecular flexibility index (Phi) is 7.42. The van der Waals surface area contributed by atoms with Gasteiger partial charge in [0.25, 0.3) is 5.91 Å². The molecular weight excluding hydrogens is 398 g/mol. The first-order chi connectivity index (χ1) is 14.4. The molecular formula is C22H31N5O2S. The molecule has 0 radical (unpaired) electrons. The van der Waals surface area contributed by atoms with Crippen molar-refractivity contribution in [3.63, 3.8) is 0 Å². The minimum absolute atomic E-state index is 0.0684. The number of aromatic nitrogens is 3. The second kappa shape index (κ2) is 10.0. The average Bonchev–Trinajstić information content (AvgIpc) is 3.02. The van der Waals surface area contributed by atoms with Crippen molar-refractivity contribution in [2.45, 2.75) is 72.1 Å². The Morgan fingerprint density at radius 2 is 1.97 bits per heavy atom. The fourth-order valence-electron chi connectivity index (χ4n) is 4.04. The maximum atomic E-state index is 12.6. The predicted molar refractivity (Wildman–Crippen MR) is 119 cm³/mol. The van der Waals surface area contributed by atoms with Crippen molar-refractivity contribution in [2.75, 3.05) is 0 Å². The average molecular weight is 430 g/mol. The van der Waals surface area contributed by atoms with Crippen LogP contribution in [0.5, 0.6) is 0 Å². The number of hydrogen-bond acceptors (Lipinski definition) is 4. The Hall–Kier alpha value is -2.48. The number of rotatable bonds is 7. The molecule has 0 bridgehead atoms. The van der Waals surface area contributed by atoms with Crippen LogP contribution < -0.4 is 10.6 Å². The number of nitrogens with zero attached hydrogens (tertiary/aromatic N) is 3. The van der Waals surface area contributed by atoms with Gasteiger partial charge in [-0.25, -0.2) is 4.68 Å². The van der Waals surface area contributed by atoms with Crippen LogP contribution >= 0.6 is 12.2 Å². The van der Waals surface area contributed by atoms with Gasteiger partial charge in [0.15, 0.2) is 10.6 Å². The lowest BCUT2D eigenvalue weighted by Crippen LogP contribution is -2.42. The molecule has 30 heavy (non-hydrogen) atoms. The lowest BCUT2D eigenvalue weighted by molar-refractivity contribution is -0.123. The van der Waals surface area contributed by atoms with Gasteiger partial charge in [-0.05, 0) is 56.5 Å². The van der Waals surface area contributed by atoms with Gasteiger partial charge >= 0.3 is 0 Å². The number of benzene rings is 1. The van der Waals surface area contributed by atoms with Crippen molar-refractivity contribution in [3.05, 3.63) is 46.0 Å². The lowest BCUT2D eigenvalue weighted by atomic mass is 9.86. The summed E-state index contributed by atoms with van der Waals surface area (Å²) in [6.07, 6.45) is 4.57. The van der Waals surface area contributed by atoms with Crippen molar-refractivity contribution < 1.29 is 9.59 Å². The lowest BCUT2D eigenvalue weighted by Gasteiger charge is -2.29. The van der Waals surface area contributed by atoms with Crippen molar-refractivity contribution in [3.8, 4) is 0 Å². The van der Waals surface area contributed by atoms with Crippen LogP contribution in [0.2, 0.25) is 0 Å². The second-order valence-electron chi connectivity index (χ2n) is 8.03. The fraction of sp³-hybridized carbons (Fsp3) is 0.545. The fourth-order valence-corrected chi connectivity index (χ4v) is 4.38. The summed E-state index contributed by atoms with van der Waals surface area (Å²) in [5.74, 6) is 0.917. The summed E-state index contributed by atoms with van der Waals surface area (Å²) in [7, 11) is 0. The molecule has 2 N–H and O–H groups in total. The van der Waals surface area contributed by atoms with Crippen molar-refractivity contribution in [1.82, 2.24) is 25.0 Å². The van der Waals surface area contributed by atoms with Crippen molar-refractivity contribution in [2.24, 2.45) is 5.92 Å². The second-order valence-corrected chi connectivity index (χ2v) is 8.40. The summed E-state index contributed by atoms with van der Waals surface area (Å²) < 4.78 is 3.89. The molecule has 7 nitrogen and oxygen atoms in total. The molecule has 2 aromatic rings. The van der Waals surface area contributed by atoms with E-state index in [0.717, 1.165) is 24.8 Å². The number of amides is 2. The highest BCUT2D eigenvalue weighted by Gasteiger charge is 2.23. The third-order valence-corrected chi connectivity index (χ3v) is 6.29. The molecule has 1 aliphatic rings. The Morgan fingerprint density at radius 1 is 1.23 bits per heavy atom. The van der Waals surface area contributed by atoms with E-state index in [4.69, 9.17) is 12.2 Å². The third-order valence-electron chi connectivity index (χ3n) is 5.86. The quantitative estimate of drug-likeness (QED) is 0.662. The maximum absolute atomic E-state index is 12.6. The van der Waals surface area contributed by atoms with Crippen molar-refractivity contribution in [1.29, 1.82) is 0 Å². The molecule has 1 aromatic heterocycles. The summed E-state index contributed by atoms with van der Waals surface area (Å²) in [6, 6.07) is 7.67. The van der Waals surface area contributed by atoms with E-state index < -0.39 is 0 Å². The van der Waals surface area contributed by atoms with Gasteiger partial charge in [-0.3, -0.25) is 9.59 Å². The van der Waals surface area contributed by atoms with E-state index in [9.17, 15) is 9.59 Å². The molecule has 0 aliphatic heterocycles. The van der Waals surface area contributed by atoms with Crippen LogP contribution in [0.1, 0.15) is 61.3 Å². The topological polar surface area (TPSA) is 81.0 Å². The SMILES string of the molecule is CCn1c(CNC(=O)c2ccccc2C)nn(CC(=O)N[C@H]2CCCC[C@H]2C)c1=S. The Bertz CT molecular complexity index is 965. The Balaban J connectivity index is 1.66. The van der Waals surface area contributed by atoms with E-state index >= 15 is 0 Å². The molecule has 162 valence electrons. The monoisotopic (exact) mass is 429 g/mol. The van der Waals surface area contributed by atoms with Gasteiger partial charge in [0.05, 0.1) is 6.54 Å². The predicted octanol–water partition coefficient (Wildman–Crippen LogP) is 3.37. The number of carbonyl (C=O) groups is 2. The molecule has 2 amide bonds. The third kappa shape index (κ3) is 5.16. The molecule has 2 atom stereocenters. The van der Waals surface area contributed by atoms with Gasteiger partial charge < -0.3 is 15.2 Å². The molecule has 0 unspecified atom stereocenters. The van der Waals surface area contributed by atoms with Gasteiger partial charge in [0.2, 0.25) is 5.91 Å². The van der Waals surface area contributed by atoms with E-state index in [-0.39, 0.29) is 30.9 Å². The number of carbonyl (C=O) groups excluding carboxylic acids is 2. The van der Waals surface area contributed by atoms with E-state index in [2.05, 4.69) is 22.7 Å². The smallest absolute Gasteiger partial charge is 0.251 e. The highest BCUT2D eigenvalue weighted by atomic mass is 32.1. The molecule has 1 heterocycles. The minimum Gasteiger partial charge on any atom is -0.351 e. The summed E-state index contributed by atoms with van der Waals surface area (Å²) in [5, 5.41) is 10.6. The van der Waals surface area contributed by atoms with E-state index in [0.29, 0.717) is 28.6 Å². The van der Waals surface area contributed by atoms with Gasteiger partial charge in [-0.15, -0.1) is 0 Å². The zero-order valence-electron chi connectivity index (χ0n) is 18.0. The van der Waals surface area contributed by atoms with E-state index in [1.807, 2.05) is 36.6 Å². The van der Waals surface area contributed by atoms with E-state index in [1.165, 1.54) is 6.42 Å². The van der Waals surface area contributed by atoms with Crippen LogP contribution in [0, 0.1) is 17.6 Å². The molecule has 0 saturated heterocycles. The summed E-state index contributed by atoms with van der Waals surface area (Å²) >= 11 is 5.52. The molecule has 1 aliphatic carbocycles.